The first kappa shape index (κ1) is 13.4. The van der Waals surface area contributed by atoms with E-state index in [0.29, 0.717) is 24.4 Å². The van der Waals surface area contributed by atoms with Gasteiger partial charge >= 0.3 is 0 Å². The van der Waals surface area contributed by atoms with E-state index in [9.17, 15) is 8.78 Å². The fraction of sp³-hybridized carbons (Fsp3) is 0.417. The van der Waals surface area contributed by atoms with Crippen molar-refractivity contribution in [3.63, 3.8) is 0 Å². The highest BCUT2D eigenvalue weighted by Gasteiger charge is 2.58. The van der Waals surface area contributed by atoms with E-state index in [0.717, 1.165) is 0 Å². The molecule has 2 aromatic rings. The zero-order valence-electron chi connectivity index (χ0n) is 10.4. The maximum atomic E-state index is 14.0. The maximum absolute atomic E-state index is 14.0. The first-order valence-electron chi connectivity index (χ1n) is 6.27. The molecule has 110 valence electrons. The number of morpholine rings is 1. The first-order valence-corrected chi connectivity index (χ1v) is 7.03. The summed E-state index contributed by atoms with van der Waals surface area (Å²) in [5.41, 5.74) is -0.0240. The predicted molar refractivity (Wildman–Crippen MR) is 73.1 cm³/mol. The standard InChI is InChI=1S/C12H8Cl2F2N4O/c13-10-5(15)7-4(3-17-10)11(19-12(14)18-7)20-1-2-21-9-6(16)8(9)20/h3,6,8-9H,1-2H2. The monoisotopic (exact) mass is 332 g/mol. The van der Waals surface area contributed by atoms with Gasteiger partial charge in [-0.1, -0.05) is 11.6 Å². The average molecular weight is 333 g/mol. The molecular formula is C12H8Cl2F2N4O. The van der Waals surface area contributed by atoms with E-state index in [-0.39, 0.29) is 16.0 Å². The van der Waals surface area contributed by atoms with Crippen molar-refractivity contribution in [2.45, 2.75) is 18.3 Å². The molecule has 21 heavy (non-hydrogen) atoms. The number of ether oxygens (including phenoxy) is 1. The Morgan fingerprint density at radius 2 is 2.14 bits per heavy atom. The van der Waals surface area contributed by atoms with Crippen LogP contribution in [-0.2, 0) is 4.74 Å². The van der Waals surface area contributed by atoms with E-state index in [1.54, 1.807) is 4.90 Å². The number of rotatable bonds is 1. The number of halogens is 4. The number of anilines is 1. The number of alkyl halides is 1. The Labute approximate surface area is 127 Å². The Bertz CT molecular complexity index is 747. The van der Waals surface area contributed by atoms with Crippen molar-refractivity contribution in [3.8, 4) is 0 Å². The van der Waals surface area contributed by atoms with Gasteiger partial charge in [-0.05, 0) is 11.6 Å². The van der Waals surface area contributed by atoms with Gasteiger partial charge in [0.05, 0.1) is 18.0 Å². The van der Waals surface area contributed by atoms with Crippen LogP contribution in [0.3, 0.4) is 0 Å². The van der Waals surface area contributed by atoms with Gasteiger partial charge in [0.15, 0.2) is 17.1 Å². The van der Waals surface area contributed by atoms with Crippen LogP contribution in [0.1, 0.15) is 0 Å². The van der Waals surface area contributed by atoms with Crippen LogP contribution in [0.4, 0.5) is 14.6 Å². The summed E-state index contributed by atoms with van der Waals surface area (Å²) in [7, 11) is 0. The van der Waals surface area contributed by atoms with Crippen molar-refractivity contribution < 1.29 is 13.5 Å². The summed E-state index contributed by atoms with van der Waals surface area (Å²) in [6, 6.07) is -0.424. The number of hydrogen-bond donors (Lipinski definition) is 0. The molecule has 3 unspecified atom stereocenters. The summed E-state index contributed by atoms with van der Waals surface area (Å²) >= 11 is 11.5. The highest BCUT2D eigenvalue weighted by molar-refractivity contribution is 6.30. The number of pyridine rings is 1. The first-order chi connectivity index (χ1) is 10.1. The number of aromatic nitrogens is 3. The molecule has 9 heteroatoms. The molecule has 1 saturated heterocycles. The normalized spacial score (nSPS) is 27.8. The third-order valence-electron chi connectivity index (χ3n) is 3.70. The molecule has 0 amide bonds. The van der Waals surface area contributed by atoms with E-state index >= 15 is 0 Å². The van der Waals surface area contributed by atoms with Crippen molar-refractivity contribution in [2.24, 2.45) is 0 Å². The molecule has 0 radical (unpaired) electrons. The second-order valence-electron chi connectivity index (χ2n) is 4.91. The van der Waals surface area contributed by atoms with Crippen LogP contribution in [0.25, 0.3) is 10.9 Å². The summed E-state index contributed by atoms with van der Waals surface area (Å²) in [4.78, 5) is 13.5. The molecule has 2 fully saturated rings. The molecule has 2 aliphatic rings. The summed E-state index contributed by atoms with van der Waals surface area (Å²) in [6.45, 7) is 0.808. The summed E-state index contributed by atoms with van der Waals surface area (Å²) in [6.07, 6.45) is -0.180. The van der Waals surface area contributed by atoms with Gasteiger partial charge < -0.3 is 9.64 Å². The molecule has 3 heterocycles. The summed E-state index contributed by atoms with van der Waals surface area (Å²) < 4.78 is 33.1. The van der Waals surface area contributed by atoms with E-state index in [1.165, 1.54) is 6.20 Å². The van der Waals surface area contributed by atoms with Gasteiger partial charge in [0, 0.05) is 12.7 Å². The quantitative estimate of drug-likeness (QED) is 0.593. The lowest BCUT2D eigenvalue weighted by atomic mass is 10.2. The molecule has 5 nitrogen and oxygen atoms in total. The Morgan fingerprint density at radius 1 is 1.33 bits per heavy atom. The molecule has 1 saturated carbocycles. The number of nitrogens with zero attached hydrogens (tertiary/aromatic N) is 4. The van der Waals surface area contributed by atoms with Crippen LogP contribution in [0.5, 0.6) is 0 Å². The molecule has 0 bridgehead atoms. The molecular weight excluding hydrogens is 325 g/mol. The topological polar surface area (TPSA) is 51.1 Å². The van der Waals surface area contributed by atoms with Crippen molar-refractivity contribution in [3.05, 3.63) is 22.5 Å². The Balaban J connectivity index is 1.90. The smallest absolute Gasteiger partial charge is 0.225 e. The lowest BCUT2D eigenvalue weighted by Crippen LogP contribution is -2.37. The zero-order valence-corrected chi connectivity index (χ0v) is 11.9. The van der Waals surface area contributed by atoms with Gasteiger partial charge in [0.1, 0.15) is 17.4 Å². The molecule has 0 spiro atoms. The lowest BCUT2D eigenvalue weighted by molar-refractivity contribution is 0.0914. The van der Waals surface area contributed by atoms with Gasteiger partial charge in [-0.3, -0.25) is 0 Å². The molecule has 1 aliphatic carbocycles. The van der Waals surface area contributed by atoms with Gasteiger partial charge in [-0.25, -0.2) is 18.7 Å². The van der Waals surface area contributed by atoms with E-state index in [2.05, 4.69) is 15.0 Å². The SMILES string of the molecule is Fc1c(Cl)ncc2c(N3CCOC4C(F)C43)nc(Cl)nc12. The molecule has 3 atom stereocenters. The minimum atomic E-state index is -1.08. The highest BCUT2D eigenvalue weighted by atomic mass is 35.5. The fourth-order valence-corrected chi connectivity index (χ4v) is 2.97. The minimum Gasteiger partial charge on any atom is -0.371 e. The maximum Gasteiger partial charge on any atom is 0.225 e. The third kappa shape index (κ3) is 1.95. The van der Waals surface area contributed by atoms with Crippen LogP contribution in [-0.4, -0.2) is 46.4 Å². The molecule has 1 aliphatic heterocycles. The molecule has 0 aromatic carbocycles. The average Bonchev–Trinajstić information content (AvgIpc) is 3.14. The van der Waals surface area contributed by atoms with Gasteiger partial charge in [-0.15, -0.1) is 0 Å². The highest BCUT2D eigenvalue weighted by Crippen LogP contribution is 2.42. The largest absolute Gasteiger partial charge is 0.371 e. The lowest BCUT2D eigenvalue weighted by Gasteiger charge is -2.27. The number of hydrogen-bond acceptors (Lipinski definition) is 5. The molecule has 0 N–H and O–H groups in total. The van der Waals surface area contributed by atoms with E-state index < -0.39 is 24.1 Å². The van der Waals surface area contributed by atoms with Crippen molar-refractivity contribution in [1.82, 2.24) is 15.0 Å². The minimum absolute atomic E-state index is 0.0240. The Kier molecular flexibility index (Phi) is 2.92. The summed E-state index contributed by atoms with van der Waals surface area (Å²) in [5, 5.41) is -0.0725. The Hall–Kier alpha value is -1.31. The van der Waals surface area contributed by atoms with Crippen LogP contribution >= 0.6 is 23.2 Å². The molecule has 4 rings (SSSR count). The van der Waals surface area contributed by atoms with Crippen LogP contribution in [0.2, 0.25) is 10.4 Å². The van der Waals surface area contributed by atoms with Crippen LogP contribution in [0.15, 0.2) is 6.20 Å². The van der Waals surface area contributed by atoms with E-state index in [4.69, 9.17) is 27.9 Å². The van der Waals surface area contributed by atoms with Gasteiger partial charge in [0.2, 0.25) is 5.28 Å². The summed E-state index contributed by atoms with van der Waals surface area (Å²) in [5.74, 6) is -0.413. The number of fused-ring (bicyclic) bond motifs is 2. The fourth-order valence-electron chi connectivity index (χ4n) is 2.67. The van der Waals surface area contributed by atoms with Crippen LogP contribution < -0.4 is 4.90 Å². The van der Waals surface area contributed by atoms with Gasteiger partial charge in [0.25, 0.3) is 0 Å². The second-order valence-corrected chi connectivity index (χ2v) is 5.60. The van der Waals surface area contributed by atoms with Crippen molar-refractivity contribution in [2.75, 3.05) is 18.1 Å². The molecule has 2 aromatic heterocycles. The van der Waals surface area contributed by atoms with E-state index in [1.807, 2.05) is 0 Å². The Morgan fingerprint density at radius 3 is 2.95 bits per heavy atom. The van der Waals surface area contributed by atoms with Gasteiger partial charge in [-0.2, -0.15) is 4.98 Å². The van der Waals surface area contributed by atoms with Crippen molar-refractivity contribution in [1.29, 1.82) is 0 Å². The van der Waals surface area contributed by atoms with Crippen molar-refractivity contribution >= 4 is 39.9 Å². The third-order valence-corrected chi connectivity index (χ3v) is 4.14. The predicted octanol–water partition coefficient (Wildman–Crippen LogP) is 2.40. The van der Waals surface area contributed by atoms with Crippen LogP contribution in [0, 0.1) is 5.82 Å². The zero-order chi connectivity index (χ0) is 14.7. The second kappa shape index (κ2) is 4.59.